The smallest absolute Gasteiger partial charge is 0.275 e. The lowest BCUT2D eigenvalue weighted by molar-refractivity contribution is 0.101. The van der Waals surface area contributed by atoms with Crippen LogP contribution in [0.1, 0.15) is 10.5 Å². The summed E-state index contributed by atoms with van der Waals surface area (Å²) in [4.78, 5) is 13.1. The predicted molar refractivity (Wildman–Crippen MR) is 74.4 cm³/mol. The molecule has 0 saturated carbocycles. The summed E-state index contributed by atoms with van der Waals surface area (Å²) in [6.45, 7) is 0. The van der Waals surface area contributed by atoms with E-state index in [2.05, 4.69) is 20.6 Å². The molecule has 3 aromatic heterocycles. The van der Waals surface area contributed by atoms with Gasteiger partial charge in [-0.3, -0.25) is 14.8 Å². The molecular formula is C11H9N5OS2. The van der Waals surface area contributed by atoms with E-state index in [0.29, 0.717) is 10.8 Å². The van der Waals surface area contributed by atoms with E-state index in [1.165, 1.54) is 11.3 Å². The van der Waals surface area contributed by atoms with Crippen LogP contribution in [0, 0.1) is 0 Å². The van der Waals surface area contributed by atoms with Crippen molar-refractivity contribution in [2.45, 2.75) is 0 Å². The average Bonchev–Trinajstić information content (AvgIpc) is 3.07. The third-order valence-corrected chi connectivity index (χ3v) is 3.97. The Morgan fingerprint density at radius 2 is 2.32 bits per heavy atom. The monoisotopic (exact) mass is 291 g/mol. The molecule has 0 bridgehead atoms. The molecule has 3 heterocycles. The molecule has 19 heavy (non-hydrogen) atoms. The molecule has 0 aliphatic heterocycles. The minimum Gasteiger partial charge on any atom is -0.295 e. The number of anilines is 1. The number of hydrogen-bond donors (Lipinski definition) is 1. The Hall–Kier alpha value is -2.06. The summed E-state index contributed by atoms with van der Waals surface area (Å²) in [6.07, 6.45) is 0. The first-order chi connectivity index (χ1) is 9.24. The van der Waals surface area contributed by atoms with E-state index in [0.717, 1.165) is 10.6 Å². The highest BCUT2D eigenvalue weighted by molar-refractivity contribution is 7.13. The molecule has 0 radical (unpaired) electrons. The molecule has 0 fully saturated rings. The lowest BCUT2D eigenvalue weighted by Crippen LogP contribution is -2.15. The molecule has 0 atom stereocenters. The number of aromatic nitrogens is 4. The van der Waals surface area contributed by atoms with Crippen molar-refractivity contribution in [1.82, 2.24) is 20.0 Å². The summed E-state index contributed by atoms with van der Waals surface area (Å²) in [5.41, 5.74) is 2.84. The fraction of sp³-hybridized carbons (Fsp3) is 0.0909. The van der Waals surface area contributed by atoms with Crippen molar-refractivity contribution in [3.05, 3.63) is 34.8 Å². The Balaban J connectivity index is 1.87. The maximum atomic E-state index is 12.1. The van der Waals surface area contributed by atoms with Gasteiger partial charge in [-0.05, 0) is 17.5 Å². The molecule has 3 rings (SSSR count). The van der Waals surface area contributed by atoms with E-state index in [1.54, 1.807) is 34.6 Å². The molecular weight excluding hydrogens is 282 g/mol. The lowest BCUT2D eigenvalue weighted by atomic mass is 10.3. The number of carbonyl (C=O) groups is 1. The van der Waals surface area contributed by atoms with Crippen molar-refractivity contribution in [1.29, 1.82) is 0 Å². The van der Waals surface area contributed by atoms with Crippen molar-refractivity contribution in [2.24, 2.45) is 7.05 Å². The Kier molecular flexibility index (Phi) is 3.10. The third kappa shape index (κ3) is 2.40. The minimum atomic E-state index is -0.241. The van der Waals surface area contributed by atoms with E-state index in [9.17, 15) is 4.79 Å². The molecule has 0 spiro atoms. The number of rotatable bonds is 3. The number of thiophene rings is 1. The number of amides is 1. The summed E-state index contributed by atoms with van der Waals surface area (Å²) in [5, 5.41) is 16.9. The van der Waals surface area contributed by atoms with Gasteiger partial charge in [0, 0.05) is 7.05 Å². The zero-order chi connectivity index (χ0) is 13.2. The lowest BCUT2D eigenvalue weighted by Gasteiger charge is -2.00. The van der Waals surface area contributed by atoms with Gasteiger partial charge in [-0.25, -0.2) is 0 Å². The molecule has 0 aliphatic rings. The van der Waals surface area contributed by atoms with E-state index in [4.69, 9.17) is 0 Å². The molecule has 1 amide bonds. The summed E-state index contributed by atoms with van der Waals surface area (Å²) in [7, 11) is 1.74. The van der Waals surface area contributed by atoms with E-state index in [1.807, 2.05) is 17.5 Å². The Labute approximate surface area is 116 Å². The van der Waals surface area contributed by atoms with Crippen LogP contribution in [0.5, 0.6) is 0 Å². The molecule has 1 N–H and O–H groups in total. The Morgan fingerprint density at radius 3 is 3.00 bits per heavy atom. The fourth-order valence-electron chi connectivity index (χ4n) is 1.61. The van der Waals surface area contributed by atoms with Crippen LogP contribution in [0.15, 0.2) is 29.1 Å². The van der Waals surface area contributed by atoms with Gasteiger partial charge in [0.1, 0.15) is 16.9 Å². The number of nitrogens with zero attached hydrogens (tertiary/aromatic N) is 4. The van der Waals surface area contributed by atoms with E-state index in [-0.39, 0.29) is 5.91 Å². The topological polar surface area (TPSA) is 72.7 Å². The molecule has 3 aromatic rings. The first kappa shape index (κ1) is 12.0. The highest BCUT2D eigenvalue weighted by Crippen LogP contribution is 2.24. The van der Waals surface area contributed by atoms with E-state index >= 15 is 0 Å². The summed E-state index contributed by atoms with van der Waals surface area (Å²) in [6, 6.07) is 5.69. The zero-order valence-electron chi connectivity index (χ0n) is 9.90. The van der Waals surface area contributed by atoms with Crippen LogP contribution in [0.3, 0.4) is 0 Å². The quantitative estimate of drug-likeness (QED) is 0.803. The summed E-state index contributed by atoms with van der Waals surface area (Å²) in [5.74, 6) is -0.241. The van der Waals surface area contributed by atoms with Gasteiger partial charge in [0.2, 0.25) is 5.13 Å². The Morgan fingerprint density at radius 1 is 1.42 bits per heavy atom. The van der Waals surface area contributed by atoms with Crippen molar-refractivity contribution in [3.63, 3.8) is 0 Å². The maximum Gasteiger partial charge on any atom is 0.275 e. The van der Waals surface area contributed by atoms with Gasteiger partial charge in [-0.15, -0.1) is 21.5 Å². The zero-order valence-corrected chi connectivity index (χ0v) is 11.5. The fourth-order valence-corrected chi connectivity index (χ4v) is 2.73. The van der Waals surface area contributed by atoms with Crippen LogP contribution in [0.2, 0.25) is 0 Å². The van der Waals surface area contributed by atoms with Crippen molar-refractivity contribution in [2.75, 3.05) is 5.32 Å². The van der Waals surface area contributed by atoms with Crippen molar-refractivity contribution < 1.29 is 4.79 Å². The normalized spacial score (nSPS) is 10.6. The second kappa shape index (κ2) is 4.90. The third-order valence-electron chi connectivity index (χ3n) is 2.47. The van der Waals surface area contributed by atoms with Gasteiger partial charge in [-0.1, -0.05) is 17.4 Å². The molecule has 8 heteroatoms. The first-order valence-corrected chi connectivity index (χ1v) is 7.15. The molecule has 96 valence electrons. The molecule has 0 saturated heterocycles. The van der Waals surface area contributed by atoms with Gasteiger partial charge in [0.05, 0.1) is 4.88 Å². The van der Waals surface area contributed by atoms with Gasteiger partial charge in [-0.2, -0.15) is 5.10 Å². The first-order valence-electron chi connectivity index (χ1n) is 5.39. The summed E-state index contributed by atoms with van der Waals surface area (Å²) >= 11 is 2.86. The van der Waals surface area contributed by atoms with Gasteiger partial charge in [0.15, 0.2) is 0 Å². The SMILES string of the molecule is Cn1nc(-c2cccs2)cc1C(=O)Nc1nncs1. The minimum absolute atomic E-state index is 0.241. The maximum absolute atomic E-state index is 12.1. The van der Waals surface area contributed by atoms with Gasteiger partial charge >= 0.3 is 0 Å². The van der Waals surface area contributed by atoms with Crippen LogP contribution in [0.4, 0.5) is 5.13 Å². The Bertz CT molecular complexity index is 687. The molecule has 0 aliphatic carbocycles. The number of aryl methyl sites for hydroxylation is 1. The second-order valence-electron chi connectivity index (χ2n) is 3.71. The van der Waals surface area contributed by atoms with Crippen LogP contribution >= 0.6 is 22.7 Å². The second-order valence-corrected chi connectivity index (χ2v) is 5.49. The van der Waals surface area contributed by atoms with E-state index < -0.39 is 0 Å². The molecule has 6 nitrogen and oxygen atoms in total. The van der Waals surface area contributed by atoms with Gasteiger partial charge in [0.25, 0.3) is 5.91 Å². The van der Waals surface area contributed by atoms with Crippen molar-refractivity contribution >= 4 is 33.7 Å². The number of nitrogens with one attached hydrogen (secondary N) is 1. The van der Waals surface area contributed by atoms with Crippen LogP contribution in [-0.4, -0.2) is 25.9 Å². The van der Waals surface area contributed by atoms with Crippen LogP contribution in [-0.2, 0) is 7.05 Å². The molecule has 0 unspecified atom stereocenters. The van der Waals surface area contributed by atoms with Crippen LogP contribution < -0.4 is 5.32 Å². The highest BCUT2D eigenvalue weighted by atomic mass is 32.1. The van der Waals surface area contributed by atoms with Crippen LogP contribution in [0.25, 0.3) is 10.6 Å². The van der Waals surface area contributed by atoms with Crippen molar-refractivity contribution in [3.8, 4) is 10.6 Å². The highest BCUT2D eigenvalue weighted by Gasteiger charge is 2.15. The summed E-state index contributed by atoms with van der Waals surface area (Å²) < 4.78 is 1.56. The number of carbonyl (C=O) groups excluding carboxylic acids is 1. The predicted octanol–water partition coefficient (Wildman–Crippen LogP) is 2.25. The largest absolute Gasteiger partial charge is 0.295 e. The standard InChI is InChI=1S/C11H9N5OS2/c1-16-8(10(17)13-11-14-12-6-19-11)5-7(15-16)9-3-2-4-18-9/h2-6H,1H3,(H,13,14,17). The number of hydrogen-bond acceptors (Lipinski definition) is 6. The average molecular weight is 291 g/mol. The molecule has 0 aromatic carbocycles. The van der Waals surface area contributed by atoms with Gasteiger partial charge < -0.3 is 0 Å².